The van der Waals surface area contributed by atoms with Gasteiger partial charge in [-0.1, -0.05) is 127 Å². The van der Waals surface area contributed by atoms with Gasteiger partial charge in [-0.25, -0.2) is 0 Å². The molecule has 1 aliphatic rings. The van der Waals surface area contributed by atoms with Crippen molar-refractivity contribution in [3.8, 4) is 5.69 Å². The van der Waals surface area contributed by atoms with E-state index >= 15 is 0 Å². The Balaban J connectivity index is 1.12. The number of nitrogens with one attached hydrogen (secondary N) is 2. The van der Waals surface area contributed by atoms with Crippen molar-refractivity contribution in [1.29, 1.82) is 0 Å². The number of aromatic nitrogens is 2. The molecule has 0 spiro atoms. The van der Waals surface area contributed by atoms with Crippen molar-refractivity contribution in [2.45, 2.75) is 12.2 Å². The van der Waals surface area contributed by atoms with Gasteiger partial charge in [-0.05, 0) is 75.3 Å². The smallest absolute Gasteiger partial charge is 0.104 e. The molecular weight excluding hydrogens is 633 g/mol. The fourth-order valence-electron chi connectivity index (χ4n) is 9.36. The van der Waals surface area contributed by atoms with Crippen LogP contribution in [0.1, 0.15) is 28.9 Å². The van der Waals surface area contributed by atoms with E-state index in [-0.39, 0.29) is 12.2 Å². The summed E-state index contributed by atoms with van der Waals surface area (Å²) in [6, 6.07) is 62.5. The van der Waals surface area contributed by atoms with Gasteiger partial charge in [0.15, 0.2) is 0 Å². The predicted octanol–water partition coefficient (Wildman–Crippen LogP) is 11.9. The Hall–Kier alpha value is -6.62. The topological polar surface area (TPSA) is 33.4 Å². The molecule has 4 heterocycles. The Bertz CT molecular complexity index is 3200. The molecule has 0 saturated carbocycles. The lowest BCUT2D eigenvalue weighted by Crippen LogP contribution is -2.37. The molecular formula is C48H32N4. The SMILES string of the molecule is c1ccc(C2NC(c3cccc(-n4c5cccc6c7cccc8c9c%10ccccc%10ccc9n(c9cccc4c9c65)c78)c3)Nc3ccccc32)cc1. The summed E-state index contributed by atoms with van der Waals surface area (Å²) in [7, 11) is 0. The van der Waals surface area contributed by atoms with Gasteiger partial charge in [0.1, 0.15) is 6.17 Å². The minimum absolute atomic E-state index is 0.0700. The van der Waals surface area contributed by atoms with Crippen molar-refractivity contribution < 1.29 is 0 Å². The molecule has 12 rings (SSSR count). The lowest BCUT2D eigenvalue weighted by molar-refractivity contribution is 0.506. The molecule has 3 aromatic heterocycles. The molecule has 0 fully saturated rings. The van der Waals surface area contributed by atoms with Crippen molar-refractivity contribution in [2.75, 3.05) is 5.32 Å². The van der Waals surface area contributed by atoms with Gasteiger partial charge in [0.05, 0.1) is 33.6 Å². The van der Waals surface area contributed by atoms with Gasteiger partial charge in [0.2, 0.25) is 0 Å². The molecule has 2 N–H and O–H groups in total. The molecule has 0 bridgehead atoms. The summed E-state index contributed by atoms with van der Waals surface area (Å²) in [6.07, 6.45) is -0.0700. The van der Waals surface area contributed by atoms with E-state index < -0.39 is 0 Å². The van der Waals surface area contributed by atoms with Gasteiger partial charge < -0.3 is 14.3 Å². The quantitative estimate of drug-likeness (QED) is 0.197. The molecule has 0 radical (unpaired) electrons. The molecule has 11 aromatic rings. The number of para-hydroxylation sites is 2. The zero-order valence-electron chi connectivity index (χ0n) is 28.2. The standard InChI is InChI=1S/C48H32N4/c1-2-13-30(14-3-1)46-36-18-6-7-22-38(36)49-48(50-46)31-15-8-16-32(28-31)51-39-23-10-19-34-35-20-9-21-37-43-33-17-5-4-12-29(33)26-27-42(43)52(47(35)37)41-25-11-24-40(51)45(41)44(34)39/h1-28,46,48-50H. The van der Waals surface area contributed by atoms with Crippen LogP contribution >= 0.6 is 0 Å². The van der Waals surface area contributed by atoms with Crippen LogP contribution in [0.2, 0.25) is 0 Å². The second-order valence-corrected chi connectivity index (χ2v) is 14.2. The van der Waals surface area contributed by atoms with Gasteiger partial charge in [-0.2, -0.15) is 0 Å². The summed E-state index contributed by atoms with van der Waals surface area (Å²) in [5.41, 5.74) is 12.2. The maximum atomic E-state index is 3.95. The third kappa shape index (κ3) is 3.74. The summed E-state index contributed by atoms with van der Waals surface area (Å²) in [6.45, 7) is 0. The van der Waals surface area contributed by atoms with E-state index in [0.717, 1.165) is 11.4 Å². The third-order valence-corrected chi connectivity index (χ3v) is 11.5. The largest absolute Gasteiger partial charge is 0.366 e. The number of rotatable bonds is 3. The molecule has 4 nitrogen and oxygen atoms in total. The van der Waals surface area contributed by atoms with E-state index in [1.807, 2.05) is 0 Å². The summed E-state index contributed by atoms with van der Waals surface area (Å²) in [4.78, 5) is 0. The van der Waals surface area contributed by atoms with Gasteiger partial charge >= 0.3 is 0 Å². The zero-order valence-corrected chi connectivity index (χ0v) is 28.2. The Morgan fingerprint density at radius 1 is 0.442 bits per heavy atom. The van der Waals surface area contributed by atoms with Crippen LogP contribution in [0.4, 0.5) is 5.69 Å². The van der Waals surface area contributed by atoms with Crippen LogP contribution in [0.15, 0.2) is 170 Å². The number of fused-ring (bicyclic) bond motifs is 8. The summed E-state index contributed by atoms with van der Waals surface area (Å²) in [5, 5.41) is 18.1. The first-order chi connectivity index (χ1) is 25.8. The Labute approximate surface area is 299 Å². The monoisotopic (exact) mass is 664 g/mol. The zero-order chi connectivity index (χ0) is 33.9. The predicted molar refractivity (Wildman–Crippen MR) is 217 cm³/mol. The summed E-state index contributed by atoms with van der Waals surface area (Å²) < 4.78 is 5.00. The first-order valence-corrected chi connectivity index (χ1v) is 18.1. The van der Waals surface area contributed by atoms with E-state index in [1.54, 1.807) is 0 Å². The lowest BCUT2D eigenvalue weighted by Gasteiger charge is -2.35. The molecule has 0 saturated heterocycles. The fraction of sp³-hybridized carbons (Fsp3) is 0.0417. The van der Waals surface area contributed by atoms with E-state index in [4.69, 9.17) is 0 Å². The van der Waals surface area contributed by atoms with Gasteiger partial charge in [-0.15, -0.1) is 0 Å². The fourth-order valence-corrected chi connectivity index (χ4v) is 9.36. The summed E-state index contributed by atoms with van der Waals surface area (Å²) >= 11 is 0. The molecule has 8 aromatic carbocycles. The van der Waals surface area contributed by atoms with Crippen LogP contribution in [0.5, 0.6) is 0 Å². The first-order valence-electron chi connectivity index (χ1n) is 18.1. The van der Waals surface area contributed by atoms with E-state index in [2.05, 4.69) is 189 Å². The van der Waals surface area contributed by atoms with Crippen LogP contribution in [-0.2, 0) is 0 Å². The second-order valence-electron chi connectivity index (χ2n) is 14.2. The molecule has 4 heteroatoms. The van der Waals surface area contributed by atoms with Crippen LogP contribution < -0.4 is 10.6 Å². The molecule has 0 amide bonds. The van der Waals surface area contributed by atoms with Crippen molar-refractivity contribution in [3.63, 3.8) is 0 Å². The average Bonchev–Trinajstić information content (AvgIpc) is 3.70. The Morgan fingerprint density at radius 2 is 1.12 bits per heavy atom. The number of hydrogen-bond acceptors (Lipinski definition) is 2. The highest BCUT2D eigenvalue weighted by Gasteiger charge is 2.28. The third-order valence-electron chi connectivity index (χ3n) is 11.5. The van der Waals surface area contributed by atoms with Crippen LogP contribution in [-0.4, -0.2) is 8.97 Å². The highest BCUT2D eigenvalue weighted by Crippen LogP contribution is 2.45. The molecule has 2 atom stereocenters. The maximum absolute atomic E-state index is 3.95. The average molecular weight is 665 g/mol. The van der Waals surface area contributed by atoms with E-state index in [9.17, 15) is 0 Å². The van der Waals surface area contributed by atoms with Crippen LogP contribution in [0.3, 0.4) is 0 Å². The highest BCUT2D eigenvalue weighted by molar-refractivity contribution is 6.33. The van der Waals surface area contributed by atoms with Gasteiger partial charge in [0, 0.05) is 38.3 Å². The lowest BCUT2D eigenvalue weighted by atomic mass is 9.93. The summed E-state index contributed by atoms with van der Waals surface area (Å²) in [5.74, 6) is 0. The number of benzene rings is 8. The normalized spacial score (nSPS) is 16.2. The minimum Gasteiger partial charge on any atom is -0.366 e. The van der Waals surface area contributed by atoms with Crippen molar-refractivity contribution in [1.82, 2.24) is 14.3 Å². The Morgan fingerprint density at radius 3 is 2.06 bits per heavy atom. The second kappa shape index (κ2) is 10.5. The van der Waals surface area contributed by atoms with Crippen molar-refractivity contribution >= 4 is 76.4 Å². The highest BCUT2D eigenvalue weighted by atomic mass is 15.2. The molecule has 1 aliphatic heterocycles. The number of hydrogen-bond donors (Lipinski definition) is 2. The van der Waals surface area contributed by atoms with E-state index in [1.165, 1.54) is 87.4 Å². The van der Waals surface area contributed by atoms with Crippen LogP contribution in [0, 0.1) is 0 Å². The van der Waals surface area contributed by atoms with Gasteiger partial charge in [0.25, 0.3) is 0 Å². The van der Waals surface area contributed by atoms with Gasteiger partial charge in [-0.3, -0.25) is 5.32 Å². The first kappa shape index (κ1) is 28.1. The minimum atomic E-state index is -0.0700. The van der Waals surface area contributed by atoms with Crippen molar-refractivity contribution in [3.05, 3.63) is 187 Å². The van der Waals surface area contributed by atoms with Crippen LogP contribution in [0.25, 0.3) is 76.4 Å². The molecule has 244 valence electrons. The number of anilines is 1. The number of nitrogens with zero attached hydrogens (tertiary/aromatic N) is 2. The van der Waals surface area contributed by atoms with Crippen molar-refractivity contribution in [2.24, 2.45) is 0 Å². The Kier molecular flexibility index (Phi) is 5.65. The molecule has 2 unspecified atom stereocenters. The molecule has 0 aliphatic carbocycles. The van der Waals surface area contributed by atoms with E-state index in [0.29, 0.717) is 0 Å². The molecule has 52 heavy (non-hydrogen) atoms. The maximum Gasteiger partial charge on any atom is 0.104 e.